The SMILES string of the molecule is CC1CN(C2CC(C)(C)CC(C)(C)C2)C(C(C)C)CN1. The zero-order valence-corrected chi connectivity index (χ0v) is 14.8. The lowest BCUT2D eigenvalue weighted by atomic mass is 9.63. The minimum atomic E-state index is 0.488. The first-order valence-corrected chi connectivity index (χ1v) is 8.59. The predicted molar refractivity (Wildman–Crippen MR) is 88.0 cm³/mol. The van der Waals surface area contributed by atoms with Crippen LogP contribution in [0.2, 0.25) is 0 Å². The van der Waals surface area contributed by atoms with Crippen molar-refractivity contribution < 1.29 is 0 Å². The lowest BCUT2D eigenvalue weighted by Gasteiger charge is -2.53. The van der Waals surface area contributed by atoms with Crippen molar-refractivity contribution in [2.75, 3.05) is 13.1 Å². The number of rotatable bonds is 2. The molecule has 1 saturated heterocycles. The van der Waals surface area contributed by atoms with Gasteiger partial charge in [0.1, 0.15) is 0 Å². The van der Waals surface area contributed by atoms with E-state index in [1.165, 1.54) is 25.8 Å². The number of nitrogens with one attached hydrogen (secondary N) is 1. The zero-order chi connectivity index (χ0) is 15.1. The Balaban J connectivity index is 2.18. The topological polar surface area (TPSA) is 15.3 Å². The Bertz CT molecular complexity index is 316. The Morgan fingerprint density at radius 2 is 1.60 bits per heavy atom. The predicted octanol–water partition coefficient (Wildman–Crippen LogP) is 3.91. The Morgan fingerprint density at radius 1 is 1.05 bits per heavy atom. The Labute approximate surface area is 126 Å². The molecule has 2 aliphatic rings. The summed E-state index contributed by atoms with van der Waals surface area (Å²) in [5.41, 5.74) is 0.976. The maximum atomic E-state index is 3.68. The summed E-state index contributed by atoms with van der Waals surface area (Å²) < 4.78 is 0. The van der Waals surface area contributed by atoms with Gasteiger partial charge in [-0.2, -0.15) is 0 Å². The minimum absolute atomic E-state index is 0.488. The average Bonchev–Trinajstić information content (AvgIpc) is 2.24. The summed E-state index contributed by atoms with van der Waals surface area (Å²) in [6, 6.07) is 2.12. The van der Waals surface area contributed by atoms with E-state index >= 15 is 0 Å². The van der Waals surface area contributed by atoms with Crippen LogP contribution in [0.4, 0.5) is 0 Å². The molecule has 0 bridgehead atoms. The fourth-order valence-corrected chi connectivity index (χ4v) is 5.02. The van der Waals surface area contributed by atoms with Crippen LogP contribution in [-0.2, 0) is 0 Å². The van der Waals surface area contributed by atoms with Gasteiger partial charge in [-0.1, -0.05) is 41.5 Å². The van der Waals surface area contributed by atoms with E-state index in [1.807, 2.05) is 0 Å². The molecule has 1 heterocycles. The van der Waals surface area contributed by atoms with E-state index in [1.54, 1.807) is 0 Å². The van der Waals surface area contributed by atoms with E-state index in [0.717, 1.165) is 18.5 Å². The molecule has 0 aromatic heterocycles. The van der Waals surface area contributed by atoms with Gasteiger partial charge in [0.25, 0.3) is 0 Å². The monoisotopic (exact) mass is 280 g/mol. The molecule has 1 aliphatic carbocycles. The van der Waals surface area contributed by atoms with Gasteiger partial charge >= 0.3 is 0 Å². The van der Waals surface area contributed by atoms with Crippen LogP contribution in [0.5, 0.6) is 0 Å². The molecule has 1 aliphatic heterocycles. The molecule has 0 aromatic rings. The van der Waals surface area contributed by atoms with Crippen molar-refractivity contribution in [3.05, 3.63) is 0 Å². The standard InChI is InChI=1S/C18H36N2/c1-13(2)16-10-19-14(3)11-20(16)15-8-17(4,5)12-18(6,7)9-15/h13-16,19H,8-12H2,1-7H3. The van der Waals surface area contributed by atoms with Gasteiger partial charge in [-0.05, 0) is 42.9 Å². The average molecular weight is 280 g/mol. The molecular weight excluding hydrogens is 244 g/mol. The highest BCUT2D eigenvalue weighted by molar-refractivity contribution is 4.98. The molecule has 2 rings (SSSR count). The van der Waals surface area contributed by atoms with Gasteiger partial charge in [-0.3, -0.25) is 4.90 Å². The third-order valence-electron chi connectivity index (χ3n) is 5.36. The first-order valence-electron chi connectivity index (χ1n) is 8.59. The second kappa shape index (κ2) is 5.61. The third-order valence-corrected chi connectivity index (χ3v) is 5.36. The molecule has 0 radical (unpaired) electrons. The van der Waals surface area contributed by atoms with Crippen LogP contribution in [-0.4, -0.2) is 36.1 Å². The molecule has 1 saturated carbocycles. The van der Waals surface area contributed by atoms with Crippen LogP contribution in [0.15, 0.2) is 0 Å². The fourth-order valence-electron chi connectivity index (χ4n) is 5.02. The maximum absolute atomic E-state index is 3.68. The molecule has 20 heavy (non-hydrogen) atoms. The second-order valence-electron chi connectivity index (χ2n) is 9.38. The summed E-state index contributed by atoms with van der Waals surface area (Å²) >= 11 is 0. The second-order valence-corrected chi connectivity index (χ2v) is 9.38. The first kappa shape index (κ1) is 16.3. The van der Waals surface area contributed by atoms with Crippen LogP contribution in [0.1, 0.15) is 67.7 Å². The van der Waals surface area contributed by atoms with Gasteiger partial charge in [0.15, 0.2) is 0 Å². The van der Waals surface area contributed by atoms with Gasteiger partial charge in [0.2, 0.25) is 0 Å². The lowest BCUT2D eigenvalue weighted by Crippen LogP contribution is -2.62. The van der Waals surface area contributed by atoms with Crippen molar-refractivity contribution in [2.24, 2.45) is 16.7 Å². The van der Waals surface area contributed by atoms with Crippen molar-refractivity contribution in [3.63, 3.8) is 0 Å². The Kier molecular flexibility index (Phi) is 4.57. The Hall–Kier alpha value is -0.0800. The van der Waals surface area contributed by atoms with E-state index < -0.39 is 0 Å². The smallest absolute Gasteiger partial charge is 0.0247 e. The molecule has 0 amide bonds. The molecule has 2 heteroatoms. The first-order chi connectivity index (χ1) is 9.10. The number of nitrogens with zero attached hydrogens (tertiary/aromatic N) is 1. The fraction of sp³-hybridized carbons (Fsp3) is 1.00. The van der Waals surface area contributed by atoms with Gasteiger partial charge in [-0.25, -0.2) is 0 Å². The highest BCUT2D eigenvalue weighted by Gasteiger charge is 2.43. The maximum Gasteiger partial charge on any atom is 0.0247 e. The summed E-state index contributed by atoms with van der Waals surface area (Å²) in [6.45, 7) is 19.4. The Morgan fingerprint density at radius 3 is 2.10 bits per heavy atom. The molecule has 0 spiro atoms. The normalized spacial score (nSPS) is 35.4. The van der Waals surface area contributed by atoms with E-state index in [0.29, 0.717) is 22.9 Å². The molecule has 118 valence electrons. The van der Waals surface area contributed by atoms with Crippen LogP contribution in [0.25, 0.3) is 0 Å². The molecule has 2 nitrogen and oxygen atoms in total. The van der Waals surface area contributed by atoms with Crippen LogP contribution in [0, 0.1) is 16.7 Å². The summed E-state index contributed by atoms with van der Waals surface area (Å²) in [7, 11) is 0. The molecular formula is C18H36N2. The summed E-state index contributed by atoms with van der Waals surface area (Å²) in [5.74, 6) is 0.739. The molecule has 2 atom stereocenters. The number of hydrogen-bond donors (Lipinski definition) is 1. The molecule has 1 N–H and O–H groups in total. The summed E-state index contributed by atoms with van der Waals surface area (Å²) in [5, 5.41) is 3.68. The van der Waals surface area contributed by atoms with E-state index in [4.69, 9.17) is 0 Å². The molecule has 2 unspecified atom stereocenters. The van der Waals surface area contributed by atoms with Gasteiger partial charge in [0.05, 0.1) is 0 Å². The third kappa shape index (κ3) is 3.76. The zero-order valence-electron chi connectivity index (χ0n) is 14.8. The van der Waals surface area contributed by atoms with Crippen molar-refractivity contribution in [3.8, 4) is 0 Å². The van der Waals surface area contributed by atoms with Crippen LogP contribution >= 0.6 is 0 Å². The molecule has 0 aromatic carbocycles. The van der Waals surface area contributed by atoms with E-state index in [9.17, 15) is 0 Å². The molecule has 2 fully saturated rings. The highest BCUT2D eigenvalue weighted by atomic mass is 15.3. The highest BCUT2D eigenvalue weighted by Crippen LogP contribution is 2.47. The van der Waals surface area contributed by atoms with Crippen molar-refractivity contribution in [1.82, 2.24) is 10.2 Å². The van der Waals surface area contributed by atoms with Crippen LogP contribution < -0.4 is 5.32 Å². The van der Waals surface area contributed by atoms with Crippen molar-refractivity contribution >= 4 is 0 Å². The van der Waals surface area contributed by atoms with E-state index in [2.05, 4.69) is 58.7 Å². The van der Waals surface area contributed by atoms with Crippen LogP contribution in [0.3, 0.4) is 0 Å². The number of hydrogen-bond acceptors (Lipinski definition) is 2. The van der Waals surface area contributed by atoms with Crippen molar-refractivity contribution in [1.29, 1.82) is 0 Å². The summed E-state index contributed by atoms with van der Waals surface area (Å²) in [6.07, 6.45) is 4.10. The summed E-state index contributed by atoms with van der Waals surface area (Å²) in [4.78, 5) is 2.86. The van der Waals surface area contributed by atoms with Gasteiger partial charge in [-0.15, -0.1) is 0 Å². The van der Waals surface area contributed by atoms with Gasteiger partial charge < -0.3 is 5.32 Å². The minimum Gasteiger partial charge on any atom is -0.311 e. The lowest BCUT2D eigenvalue weighted by molar-refractivity contribution is -0.0220. The largest absolute Gasteiger partial charge is 0.311 e. The quantitative estimate of drug-likeness (QED) is 0.825. The van der Waals surface area contributed by atoms with Crippen molar-refractivity contribution in [2.45, 2.75) is 85.9 Å². The van der Waals surface area contributed by atoms with Gasteiger partial charge in [0, 0.05) is 31.2 Å². The van der Waals surface area contributed by atoms with E-state index in [-0.39, 0.29) is 0 Å². The number of piperazine rings is 1.